The van der Waals surface area contributed by atoms with E-state index in [0.717, 1.165) is 6.21 Å². The van der Waals surface area contributed by atoms with Gasteiger partial charge in [0.25, 0.3) is 5.91 Å². The summed E-state index contributed by atoms with van der Waals surface area (Å²) in [6, 6.07) is 0. The van der Waals surface area contributed by atoms with E-state index in [4.69, 9.17) is 5.11 Å². The summed E-state index contributed by atoms with van der Waals surface area (Å²) in [4.78, 5) is 18.4. The summed E-state index contributed by atoms with van der Waals surface area (Å²) >= 11 is 0.602. The number of hydrogen-bond acceptors (Lipinski definition) is 5. The number of aliphatic hydroxyl groups is 1. The molecule has 0 radical (unpaired) electrons. The number of halogens is 3. The van der Waals surface area contributed by atoms with Crippen LogP contribution in [-0.4, -0.2) is 42.9 Å². The van der Waals surface area contributed by atoms with Crippen molar-refractivity contribution in [2.45, 2.75) is 13.1 Å². The molecule has 0 rings (SSSR count). The van der Waals surface area contributed by atoms with E-state index in [9.17, 15) is 18.0 Å². The Kier molecular flexibility index (Phi) is 7.64. The van der Waals surface area contributed by atoms with Crippen LogP contribution in [0.3, 0.4) is 0 Å². The fraction of sp³-hybridized carbons (Fsp3) is 0.556. The standard InChI is InChI=1S/C9H13F3N2O3S/c1-3-13-7(9(10,11)12)6(18-2)8(16)14-17-5-4-15/h3,15H,4-5H2,1-2H3,(H,14,16)/b7-6-,13-3?. The number of aliphatic imine (C=N–C) groups is 1. The third-order valence-electron chi connectivity index (χ3n) is 1.51. The van der Waals surface area contributed by atoms with Crippen molar-refractivity contribution in [3.05, 3.63) is 10.6 Å². The monoisotopic (exact) mass is 286 g/mol. The Morgan fingerprint density at radius 2 is 2.17 bits per heavy atom. The van der Waals surface area contributed by atoms with E-state index in [-0.39, 0.29) is 13.2 Å². The van der Waals surface area contributed by atoms with Gasteiger partial charge in [-0.3, -0.25) is 14.6 Å². The molecule has 0 spiro atoms. The second kappa shape index (κ2) is 8.11. The molecule has 0 aliphatic heterocycles. The number of thioether (sulfide) groups is 1. The Morgan fingerprint density at radius 3 is 2.56 bits per heavy atom. The predicted molar refractivity (Wildman–Crippen MR) is 61.9 cm³/mol. The molecular formula is C9H13F3N2O3S. The van der Waals surface area contributed by atoms with Gasteiger partial charge in [0.1, 0.15) is 4.91 Å². The summed E-state index contributed by atoms with van der Waals surface area (Å²) in [6.45, 7) is 0.730. The quantitative estimate of drug-likeness (QED) is 0.334. The predicted octanol–water partition coefficient (Wildman–Crippen LogP) is 1.25. The molecule has 0 bridgehead atoms. The van der Waals surface area contributed by atoms with Gasteiger partial charge in [0, 0.05) is 6.21 Å². The van der Waals surface area contributed by atoms with Gasteiger partial charge in [-0.2, -0.15) is 13.2 Å². The fourth-order valence-electron chi connectivity index (χ4n) is 0.895. The van der Waals surface area contributed by atoms with Crippen molar-refractivity contribution in [1.82, 2.24) is 5.48 Å². The largest absolute Gasteiger partial charge is 0.434 e. The molecule has 0 aromatic rings. The first-order valence-corrected chi connectivity index (χ1v) is 5.98. The summed E-state index contributed by atoms with van der Waals surface area (Å²) in [5.74, 6) is -1.06. The first-order valence-electron chi connectivity index (χ1n) is 4.75. The molecule has 18 heavy (non-hydrogen) atoms. The summed E-state index contributed by atoms with van der Waals surface area (Å²) in [7, 11) is 0. The Bertz CT molecular complexity index is 342. The van der Waals surface area contributed by atoms with Crippen LogP contribution in [0.5, 0.6) is 0 Å². The fourth-order valence-corrected chi connectivity index (χ4v) is 1.48. The first-order chi connectivity index (χ1) is 8.38. The minimum Gasteiger partial charge on any atom is -0.394 e. The number of amides is 1. The molecule has 2 N–H and O–H groups in total. The average Bonchev–Trinajstić information content (AvgIpc) is 2.28. The lowest BCUT2D eigenvalue weighted by atomic mass is 10.3. The van der Waals surface area contributed by atoms with E-state index in [1.165, 1.54) is 13.2 Å². The average molecular weight is 286 g/mol. The van der Waals surface area contributed by atoms with E-state index in [1.807, 2.05) is 0 Å². The highest BCUT2D eigenvalue weighted by molar-refractivity contribution is 8.03. The number of alkyl halides is 3. The summed E-state index contributed by atoms with van der Waals surface area (Å²) in [5.41, 5.74) is 0.505. The smallest absolute Gasteiger partial charge is 0.394 e. The van der Waals surface area contributed by atoms with Gasteiger partial charge in [-0.1, -0.05) is 0 Å². The van der Waals surface area contributed by atoms with Crippen LogP contribution in [0.15, 0.2) is 15.6 Å². The lowest BCUT2D eigenvalue weighted by molar-refractivity contribution is -0.130. The van der Waals surface area contributed by atoms with Crippen molar-refractivity contribution in [2.24, 2.45) is 4.99 Å². The van der Waals surface area contributed by atoms with Crippen LogP contribution in [0.4, 0.5) is 13.2 Å². The zero-order valence-electron chi connectivity index (χ0n) is 9.74. The highest BCUT2D eigenvalue weighted by Gasteiger charge is 2.38. The van der Waals surface area contributed by atoms with Crippen LogP contribution in [0.25, 0.3) is 0 Å². The normalized spacial score (nSPS) is 13.7. The highest BCUT2D eigenvalue weighted by Crippen LogP contribution is 2.32. The highest BCUT2D eigenvalue weighted by atomic mass is 32.2. The number of nitrogens with zero attached hydrogens (tertiary/aromatic N) is 1. The number of carbonyl (C=O) groups excluding carboxylic acids is 1. The zero-order chi connectivity index (χ0) is 14.2. The molecular weight excluding hydrogens is 273 g/mol. The first kappa shape index (κ1) is 16.9. The summed E-state index contributed by atoms with van der Waals surface area (Å²) in [5, 5.41) is 8.40. The molecule has 0 aliphatic rings. The topological polar surface area (TPSA) is 70.9 Å². The van der Waals surface area contributed by atoms with Crippen molar-refractivity contribution >= 4 is 23.9 Å². The van der Waals surface area contributed by atoms with E-state index < -0.39 is 22.7 Å². The number of rotatable bonds is 6. The Balaban J connectivity index is 5.13. The number of hydroxylamine groups is 1. The van der Waals surface area contributed by atoms with Crippen molar-refractivity contribution < 1.29 is 27.9 Å². The van der Waals surface area contributed by atoms with Crippen LogP contribution in [0.1, 0.15) is 6.92 Å². The molecule has 0 atom stereocenters. The van der Waals surface area contributed by atoms with Crippen molar-refractivity contribution in [2.75, 3.05) is 19.5 Å². The molecule has 0 fully saturated rings. The molecule has 9 heteroatoms. The second-order valence-corrected chi connectivity index (χ2v) is 3.59. The van der Waals surface area contributed by atoms with Gasteiger partial charge in [0.05, 0.1) is 13.2 Å². The molecule has 0 saturated heterocycles. The zero-order valence-corrected chi connectivity index (χ0v) is 10.6. The van der Waals surface area contributed by atoms with E-state index in [0.29, 0.717) is 11.8 Å². The molecule has 0 heterocycles. The molecule has 104 valence electrons. The van der Waals surface area contributed by atoms with Gasteiger partial charge in [-0.15, -0.1) is 11.8 Å². The van der Waals surface area contributed by atoms with Gasteiger partial charge in [0.15, 0.2) is 5.70 Å². The lowest BCUT2D eigenvalue weighted by Gasteiger charge is -2.12. The SMILES string of the molecule is CC=N/C(=C(\SC)C(=O)NOCCO)C(F)(F)F. The third-order valence-corrected chi connectivity index (χ3v) is 2.30. The summed E-state index contributed by atoms with van der Waals surface area (Å²) < 4.78 is 37.9. The number of allylic oxidation sites excluding steroid dienone is 1. The van der Waals surface area contributed by atoms with Gasteiger partial charge in [-0.05, 0) is 13.2 Å². The molecule has 0 aliphatic carbocycles. The van der Waals surface area contributed by atoms with Gasteiger partial charge in [-0.25, -0.2) is 5.48 Å². The minimum atomic E-state index is -4.74. The Morgan fingerprint density at radius 1 is 1.56 bits per heavy atom. The van der Waals surface area contributed by atoms with Crippen molar-refractivity contribution in [1.29, 1.82) is 0 Å². The molecule has 0 aromatic heterocycles. The van der Waals surface area contributed by atoms with Crippen LogP contribution in [0, 0.1) is 0 Å². The number of hydrogen-bond donors (Lipinski definition) is 2. The Labute approximate surface area is 106 Å². The van der Waals surface area contributed by atoms with Crippen molar-refractivity contribution in [3.8, 4) is 0 Å². The lowest BCUT2D eigenvalue weighted by Crippen LogP contribution is -2.28. The maximum absolute atomic E-state index is 12.6. The molecule has 1 amide bonds. The third kappa shape index (κ3) is 5.52. The van der Waals surface area contributed by atoms with Gasteiger partial charge < -0.3 is 5.11 Å². The second-order valence-electron chi connectivity index (χ2n) is 2.77. The number of aliphatic hydroxyl groups excluding tert-OH is 1. The molecule has 0 unspecified atom stereocenters. The van der Waals surface area contributed by atoms with Crippen LogP contribution in [-0.2, 0) is 9.63 Å². The number of nitrogens with one attached hydrogen (secondary N) is 1. The maximum atomic E-state index is 12.6. The molecule has 0 aromatic carbocycles. The minimum absolute atomic E-state index is 0.216. The van der Waals surface area contributed by atoms with Crippen LogP contribution < -0.4 is 5.48 Å². The summed E-state index contributed by atoms with van der Waals surface area (Å²) in [6.07, 6.45) is -2.47. The van der Waals surface area contributed by atoms with Crippen LogP contribution >= 0.6 is 11.8 Å². The van der Waals surface area contributed by atoms with Crippen molar-refractivity contribution in [3.63, 3.8) is 0 Å². The van der Waals surface area contributed by atoms with Crippen LogP contribution in [0.2, 0.25) is 0 Å². The van der Waals surface area contributed by atoms with Gasteiger partial charge >= 0.3 is 6.18 Å². The Hall–Kier alpha value is -1.06. The van der Waals surface area contributed by atoms with Gasteiger partial charge in [0.2, 0.25) is 0 Å². The van der Waals surface area contributed by atoms with E-state index in [1.54, 1.807) is 5.48 Å². The van der Waals surface area contributed by atoms with E-state index in [2.05, 4.69) is 9.83 Å². The molecule has 5 nitrogen and oxygen atoms in total. The molecule has 0 saturated carbocycles. The maximum Gasteiger partial charge on any atom is 0.434 e. The number of carbonyl (C=O) groups is 1. The van der Waals surface area contributed by atoms with E-state index >= 15 is 0 Å².